The summed E-state index contributed by atoms with van der Waals surface area (Å²) in [6.45, 7) is 2.21. The number of allylic oxidation sites excluding steroid dienone is 1. The monoisotopic (exact) mass is 409 g/mol. The molecule has 2 heterocycles. The quantitative estimate of drug-likeness (QED) is 0.309. The van der Waals surface area contributed by atoms with Crippen molar-refractivity contribution >= 4 is 11.7 Å². The molecule has 6 unspecified atom stereocenters. The van der Waals surface area contributed by atoms with Crippen molar-refractivity contribution in [1.29, 1.82) is 0 Å². The molecule has 7 nitrogen and oxygen atoms in total. The second-order valence-corrected chi connectivity index (χ2v) is 8.45. The lowest BCUT2D eigenvalue weighted by molar-refractivity contribution is -0.174. The maximum Gasteiger partial charge on any atom is 0.244 e. The number of epoxide rings is 1. The van der Waals surface area contributed by atoms with Crippen LogP contribution in [0.1, 0.15) is 71.1 Å². The molecule has 1 spiro atoms. The van der Waals surface area contributed by atoms with Crippen LogP contribution in [0.3, 0.4) is 0 Å². The van der Waals surface area contributed by atoms with Gasteiger partial charge in [0.05, 0.1) is 12.1 Å². The molecule has 29 heavy (non-hydrogen) atoms. The van der Waals surface area contributed by atoms with E-state index in [4.69, 9.17) is 14.2 Å². The Morgan fingerprint density at radius 1 is 1.28 bits per heavy atom. The molecule has 3 rings (SSSR count). The van der Waals surface area contributed by atoms with E-state index in [0.717, 1.165) is 12.8 Å². The van der Waals surface area contributed by atoms with Crippen molar-refractivity contribution in [2.75, 3.05) is 7.11 Å². The van der Waals surface area contributed by atoms with Crippen LogP contribution in [-0.2, 0) is 23.8 Å². The van der Waals surface area contributed by atoms with Gasteiger partial charge in [-0.15, -0.1) is 0 Å². The molecule has 164 valence electrons. The number of amides is 1. The highest BCUT2D eigenvalue weighted by Gasteiger charge is 2.70. The van der Waals surface area contributed by atoms with E-state index in [0.29, 0.717) is 0 Å². The van der Waals surface area contributed by atoms with Gasteiger partial charge in [0, 0.05) is 20.0 Å². The molecule has 1 aliphatic carbocycles. The van der Waals surface area contributed by atoms with Crippen LogP contribution in [0.15, 0.2) is 12.2 Å². The predicted octanol–water partition coefficient (Wildman–Crippen LogP) is 2.40. The standard InChI is InChI=1S/C22H35NO6/c1-3-4-5-6-7-8-9-10-11-12-18(25)23-15-14-22(29-21(15)26)17(24)13-16(27-2)19-20(22)28-19/h11-12,15-16,19-21,26H,3-10,13-14H2,1-2H3,(H,23,25). The van der Waals surface area contributed by atoms with Crippen LogP contribution in [0.25, 0.3) is 0 Å². The van der Waals surface area contributed by atoms with Crippen LogP contribution in [0.5, 0.6) is 0 Å². The Kier molecular flexibility index (Phi) is 7.85. The number of carbonyl (C=O) groups excluding carboxylic acids is 2. The van der Waals surface area contributed by atoms with Gasteiger partial charge in [-0.05, 0) is 18.9 Å². The molecule has 6 atom stereocenters. The Labute approximate surface area is 173 Å². The van der Waals surface area contributed by atoms with Crippen molar-refractivity contribution in [3.05, 3.63) is 12.2 Å². The van der Waals surface area contributed by atoms with E-state index in [1.165, 1.54) is 44.6 Å². The molecule has 2 aliphatic heterocycles. The number of ether oxygens (including phenoxy) is 3. The fourth-order valence-electron chi connectivity index (χ4n) is 4.53. The van der Waals surface area contributed by atoms with Crippen LogP contribution < -0.4 is 5.32 Å². The summed E-state index contributed by atoms with van der Waals surface area (Å²) in [5.41, 5.74) is -1.17. The molecule has 0 aromatic carbocycles. The van der Waals surface area contributed by atoms with E-state index < -0.39 is 24.0 Å². The van der Waals surface area contributed by atoms with E-state index in [2.05, 4.69) is 12.2 Å². The van der Waals surface area contributed by atoms with Gasteiger partial charge in [-0.3, -0.25) is 9.59 Å². The molecule has 3 aliphatic rings. The highest BCUT2D eigenvalue weighted by molar-refractivity contribution is 5.92. The maximum absolute atomic E-state index is 12.6. The number of rotatable bonds is 11. The number of hydrogen-bond acceptors (Lipinski definition) is 6. The van der Waals surface area contributed by atoms with Crippen molar-refractivity contribution in [3.8, 4) is 0 Å². The van der Waals surface area contributed by atoms with E-state index in [1.54, 1.807) is 7.11 Å². The van der Waals surface area contributed by atoms with Crippen molar-refractivity contribution < 1.29 is 28.9 Å². The molecule has 0 radical (unpaired) electrons. The second-order valence-electron chi connectivity index (χ2n) is 8.45. The summed E-state index contributed by atoms with van der Waals surface area (Å²) in [5.74, 6) is -0.405. The molecular formula is C22H35NO6. The third kappa shape index (κ3) is 5.26. The first-order valence-electron chi connectivity index (χ1n) is 11.1. The number of carbonyl (C=O) groups is 2. The third-order valence-electron chi connectivity index (χ3n) is 6.28. The smallest absolute Gasteiger partial charge is 0.244 e. The van der Waals surface area contributed by atoms with Crippen molar-refractivity contribution in [2.45, 2.75) is 107 Å². The Hall–Kier alpha value is -1.28. The fraction of sp³-hybridized carbons (Fsp3) is 0.818. The zero-order chi connectivity index (χ0) is 20.9. The first kappa shape index (κ1) is 22.4. The Morgan fingerprint density at radius 2 is 2.00 bits per heavy atom. The van der Waals surface area contributed by atoms with Gasteiger partial charge in [-0.2, -0.15) is 0 Å². The summed E-state index contributed by atoms with van der Waals surface area (Å²) in [5, 5.41) is 13.0. The molecule has 0 aromatic rings. The number of nitrogens with one attached hydrogen (secondary N) is 1. The van der Waals surface area contributed by atoms with Gasteiger partial charge in [-0.25, -0.2) is 0 Å². The third-order valence-corrected chi connectivity index (χ3v) is 6.28. The van der Waals surface area contributed by atoms with Gasteiger partial charge in [0.2, 0.25) is 5.91 Å². The fourth-order valence-corrected chi connectivity index (χ4v) is 4.53. The van der Waals surface area contributed by atoms with Gasteiger partial charge in [0.1, 0.15) is 12.2 Å². The summed E-state index contributed by atoms with van der Waals surface area (Å²) < 4.78 is 16.6. The average molecular weight is 410 g/mol. The largest absolute Gasteiger partial charge is 0.378 e. The first-order chi connectivity index (χ1) is 14.0. The molecule has 1 amide bonds. The summed E-state index contributed by atoms with van der Waals surface area (Å²) in [4.78, 5) is 24.8. The lowest BCUT2D eigenvalue weighted by Gasteiger charge is -2.30. The normalized spacial score (nSPS) is 36.0. The highest BCUT2D eigenvalue weighted by Crippen LogP contribution is 2.50. The number of unbranched alkanes of at least 4 members (excludes halogenated alkanes) is 7. The SMILES string of the molecule is CCCCCCCCCC=CC(=O)NC1CC2(OC1O)C(=O)CC(OC)C1OC12. The minimum absolute atomic E-state index is 0.131. The summed E-state index contributed by atoms with van der Waals surface area (Å²) in [6.07, 6.45) is 11.3. The Balaban J connectivity index is 1.39. The van der Waals surface area contributed by atoms with Gasteiger partial charge >= 0.3 is 0 Å². The van der Waals surface area contributed by atoms with Gasteiger partial charge in [-0.1, -0.05) is 51.5 Å². The van der Waals surface area contributed by atoms with Crippen LogP contribution >= 0.6 is 0 Å². The Bertz CT molecular complexity index is 608. The minimum Gasteiger partial charge on any atom is -0.378 e. The number of ketones is 1. The van der Waals surface area contributed by atoms with E-state index >= 15 is 0 Å². The van der Waals surface area contributed by atoms with E-state index in [-0.39, 0.29) is 36.7 Å². The van der Waals surface area contributed by atoms with Crippen LogP contribution in [-0.4, -0.2) is 60.2 Å². The zero-order valence-electron chi connectivity index (χ0n) is 17.6. The Morgan fingerprint density at radius 3 is 2.72 bits per heavy atom. The highest BCUT2D eigenvalue weighted by atomic mass is 16.7. The van der Waals surface area contributed by atoms with Crippen molar-refractivity contribution in [1.82, 2.24) is 5.32 Å². The van der Waals surface area contributed by atoms with Crippen LogP contribution in [0.4, 0.5) is 0 Å². The lowest BCUT2D eigenvalue weighted by Crippen LogP contribution is -2.52. The van der Waals surface area contributed by atoms with Crippen LogP contribution in [0, 0.1) is 0 Å². The van der Waals surface area contributed by atoms with Crippen molar-refractivity contribution in [2.24, 2.45) is 0 Å². The number of methoxy groups -OCH3 is 1. The number of fused-ring (bicyclic) bond motifs is 2. The predicted molar refractivity (Wildman–Crippen MR) is 107 cm³/mol. The molecule has 2 saturated heterocycles. The summed E-state index contributed by atoms with van der Waals surface area (Å²) in [7, 11) is 1.56. The molecule has 0 bridgehead atoms. The first-order valence-corrected chi connectivity index (χ1v) is 11.1. The van der Waals surface area contributed by atoms with E-state index in [9.17, 15) is 14.7 Å². The lowest BCUT2D eigenvalue weighted by atomic mass is 9.79. The summed E-state index contributed by atoms with van der Waals surface area (Å²) in [6, 6.07) is -0.626. The van der Waals surface area contributed by atoms with Gasteiger partial charge in [0.15, 0.2) is 17.7 Å². The molecule has 2 N–H and O–H groups in total. The number of aliphatic hydroxyl groups is 1. The molecule has 3 fully saturated rings. The molecule has 0 aromatic heterocycles. The summed E-state index contributed by atoms with van der Waals surface area (Å²) >= 11 is 0. The number of hydrogen-bond donors (Lipinski definition) is 2. The molecule has 1 saturated carbocycles. The minimum atomic E-state index is -1.22. The average Bonchev–Trinajstić information content (AvgIpc) is 3.44. The van der Waals surface area contributed by atoms with E-state index in [1.807, 2.05) is 6.08 Å². The zero-order valence-corrected chi connectivity index (χ0v) is 17.6. The second kappa shape index (κ2) is 10.2. The topological polar surface area (TPSA) is 97.4 Å². The number of Topliss-reactive ketones (excluding diaryl/α,β-unsaturated/α-hetero) is 1. The van der Waals surface area contributed by atoms with Gasteiger partial charge in [0.25, 0.3) is 0 Å². The number of aliphatic hydroxyl groups excluding tert-OH is 1. The maximum atomic E-state index is 12.6. The van der Waals surface area contributed by atoms with Gasteiger partial charge < -0.3 is 24.6 Å². The van der Waals surface area contributed by atoms with Crippen LogP contribution in [0.2, 0.25) is 0 Å². The molecular weight excluding hydrogens is 374 g/mol. The van der Waals surface area contributed by atoms with Crippen molar-refractivity contribution in [3.63, 3.8) is 0 Å². The molecule has 7 heteroatoms.